The highest BCUT2D eigenvalue weighted by atomic mass is 35.5. The first kappa shape index (κ1) is 13.9. The zero-order valence-corrected chi connectivity index (χ0v) is 10.8. The Morgan fingerprint density at radius 3 is 2.41 bits per heavy atom. The maximum atomic E-state index is 10.5. The maximum Gasteiger partial charge on any atom is 0.404 e. The summed E-state index contributed by atoms with van der Waals surface area (Å²) >= 11 is 12.0. The molecule has 17 heavy (non-hydrogen) atoms. The van der Waals surface area contributed by atoms with Gasteiger partial charge >= 0.3 is 6.09 Å². The summed E-state index contributed by atoms with van der Waals surface area (Å²) in [6.07, 6.45) is 0.0164. The van der Waals surface area contributed by atoms with Crippen molar-refractivity contribution in [3.8, 4) is 5.75 Å². The van der Waals surface area contributed by atoms with E-state index < -0.39 is 6.09 Å². The van der Waals surface area contributed by atoms with E-state index in [1.807, 2.05) is 6.92 Å². The molecule has 0 heterocycles. The number of halogens is 2. The summed E-state index contributed by atoms with van der Waals surface area (Å²) < 4.78 is 10.0. The minimum Gasteiger partial charge on any atom is -0.490 e. The van der Waals surface area contributed by atoms with Crippen LogP contribution in [0.2, 0.25) is 10.0 Å². The Bertz CT molecular complexity index is 387. The van der Waals surface area contributed by atoms with Gasteiger partial charge in [-0.05, 0) is 24.1 Å². The van der Waals surface area contributed by atoms with Gasteiger partial charge in [-0.1, -0.05) is 30.1 Å². The van der Waals surface area contributed by atoms with Crippen molar-refractivity contribution >= 4 is 29.3 Å². The van der Waals surface area contributed by atoms with Gasteiger partial charge in [0.1, 0.15) is 6.61 Å². The average molecular weight is 278 g/mol. The smallest absolute Gasteiger partial charge is 0.404 e. The molecular weight excluding hydrogens is 265 g/mol. The molecule has 0 unspecified atom stereocenters. The molecular formula is C11H13Cl2NO3. The molecule has 0 spiro atoms. The molecule has 0 atom stereocenters. The predicted molar refractivity (Wildman–Crippen MR) is 66.6 cm³/mol. The van der Waals surface area contributed by atoms with E-state index in [1.54, 1.807) is 12.1 Å². The lowest BCUT2D eigenvalue weighted by atomic mass is 10.2. The third-order valence-electron chi connectivity index (χ3n) is 1.89. The van der Waals surface area contributed by atoms with Crippen molar-refractivity contribution in [2.24, 2.45) is 5.73 Å². The zero-order valence-electron chi connectivity index (χ0n) is 9.33. The Kier molecular flexibility index (Phi) is 5.38. The Balaban J connectivity index is 2.81. The maximum absolute atomic E-state index is 10.5. The summed E-state index contributed by atoms with van der Waals surface area (Å²) in [6.45, 7) is 2.55. The van der Waals surface area contributed by atoms with Gasteiger partial charge in [-0.25, -0.2) is 4.79 Å². The fourth-order valence-corrected chi connectivity index (χ4v) is 1.83. The number of amides is 1. The van der Waals surface area contributed by atoms with Crippen LogP contribution in [-0.2, 0) is 11.3 Å². The summed E-state index contributed by atoms with van der Waals surface area (Å²) in [5, 5.41) is 0.767. The number of carbonyl (C=O) groups excluding carboxylic acids is 1. The fraction of sp³-hybridized carbons (Fsp3) is 0.364. The number of hydrogen-bond acceptors (Lipinski definition) is 3. The largest absolute Gasteiger partial charge is 0.490 e. The van der Waals surface area contributed by atoms with Gasteiger partial charge < -0.3 is 15.2 Å². The van der Waals surface area contributed by atoms with Crippen LogP contribution in [0, 0.1) is 0 Å². The molecule has 1 aromatic carbocycles. The van der Waals surface area contributed by atoms with Crippen molar-refractivity contribution in [1.29, 1.82) is 0 Å². The van der Waals surface area contributed by atoms with Gasteiger partial charge in [0.25, 0.3) is 0 Å². The molecule has 0 saturated heterocycles. The monoisotopic (exact) mass is 277 g/mol. The first-order valence-electron chi connectivity index (χ1n) is 5.07. The van der Waals surface area contributed by atoms with Crippen LogP contribution in [0.25, 0.3) is 0 Å². The molecule has 0 saturated carbocycles. The summed E-state index contributed by atoms with van der Waals surface area (Å²) in [7, 11) is 0. The Labute approximate surface area is 110 Å². The van der Waals surface area contributed by atoms with E-state index in [0.717, 1.165) is 6.42 Å². The molecule has 0 radical (unpaired) electrons. The number of carbonyl (C=O) groups is 1. The van der Waals surface area contributed by atoms with Gasteiger partial charge in [0.05, 0.1) is 16.7 Å². The molecule has 0 aliphatic carbocycles. The van der Waals surface area contributed by atoms with Crippen LogP contribution in [0.4, 0.5) is 4.79 Å². The highest BCUT2D eigenvalue weighted by Gasteiger charge is 2.10. The van der Waals surface area contributed by atoms with E-state index in [-0.39, 0.29) is 6.61 Å². The van der Waals surface area contributed by atoms with Crippen molar-refractivity contribution in [3.05, 3.63) is 27.7 Å². The minimum absolute atomic E-state index is 0.0306. The molecule has 0 aromatic heterocycles. The topological polar surface area (TPSA) is 61.6 Å². The molecule has 0 fully saturated rings. The van der Waals surface area contributed by atoms with Crippen molar-refractivity contribution in [1.82, 2.24) is 0 Å². The lowest BCUT2D eigenvalue weighted by Gasteiger charge is -2.11. The molecule has 6 heteroatoms. The highest BCUT2D eigenvalue weighted by molar-refractivity contribution is 6.37. The first-order chi connectivity index (χ1) is 8.04. The van der Waals surface area contributed by atoms with Crippen LogP contribution in [0.5, 0.6) is 5.75 Å². The predicted octanol–water partition coefficient (Wildman–Crippen LogP) is 3.38. The normalized spacial score (nSPS) is 10.1. The van der Waals surface area contributed by atoms with Gasteiger partial charge in [0.2, 0.25) is 0 Å². The van der Waals surface area contributed by atoms with Crippen molar-refractivity contribution in [2.45, 2.75) is 20.0 Å². The van der Waals surface area contributed by atoms with Crippen molar-refractivity contribution < 1.29 is 14.3 Å². The second-order valence-electron chi connectivity index (χ2n) is 3.34. The molecule has 0 aliphatic heterocycles. The van der Waals surface area contributed by atoms with E-state index >= 15 is 0 Å². The summed E-state index contributed by atoms with van der Waals surface area (Å²) in [4.78, 5) is 10.5. The second kappa shape index (κ2) is 6.57. The van der Waals surface area contributed by atoms with Crippen LogP contribution < -0.4 is 10.5 Å². The quantitative estimate of drug-likeness (QED) is 0.898. The van der Waals surface area contributed by atoms with Gasteiger partial charge in [-0.15, -0.1) is 0 Å². The third kappa shape index (κ3) is 4.32. The number of benzene rings is 1. The number of ether oxygens (including phenoxy) is 2. The van der Waals surface area contributed by atoms with Crippen LogP contribution in [0.15, 0.2) is 12.1 Å². The molecule has 1 amide bonds. The van der Waals surface area contributed by atoms with E-state index in [4.69, 9.17) is 33.7 Å². The van der Waals surface area contributed by atoms with E-state index in [2.05, 4.69) is 4.74 Å². The van der Waals surface area contributed by atoms with Crippen LogP contribution in [0.3, 0.4) is 0 Å². The standard InChI is InChI=1S/C11H13Cl2NO3/c1-2-3-16-10-8(12)4-7(5-9(10)13)6-17-11(14)15/h4-5H,2-3,6H2,1H3,(H2,14,15). The highest BCUT2D eigenvalue weighted by Crippen LogP contribution is 2.34. The van der Waals surface area contributed by atoms with Gasteiger partial charge in [0, 0.05) is 0 Å². The molecule has 2 N–H and O–H groups in total. The van der Waals surface area contributed by atoms with Crippen molar-refractivity contribution in [2.75, 3.05) is 6.61 Å². The zero-order chi connectivity index (χ0) is 12.8. The van der Waals surface area contributed by atoms with Gasteiger partial charge in [-0.3, -0.25) is 0 Å². The molecule has 94 valence electrons. The third-order valence-corrected chi connectivity index (χ3v) is 2.45. The lowest BCUT2D eigenvalue weighted by molar-refractivity contribution is 0.150. The Morgan fingerprint density at radius 2 is 1.94 bits per heavy atom. The van der Waals surface area contributed by atoms with E-state index in [9.17, 15) is 4.79 Å². The van der Waals surface area contributed by atoms with Crippen molar-refractivity contribution in [3.63, 3.8) is 0 Å². The van der Waals surface area contributed by atoms with E-state index in [0.29, 0.717) is 28.0 Å². The van der Waals surface area contributed by atoms with E-state index in [1.165, 1.54) is 0 Å². The second-order valence-corrected chi connectivity index (χ2v) is 4.16. The minimum atomic E-state index is -0.844. The summed E-state index contributed by atoms with van der Waals surface area (Å²) in [5.41, 5.74) is 5.52. The molecule has 0 aliphatic rings. The SMILES string of the molecule is CCCOc1c(Cl)cc(COC(N)=O)cc1Cl. The summed E-state index contributed by atoms with van der Waals surface area (Å²) in [5.74, 6) is 0.443. The number of rotatable bonds is 5. The number of hydrogen-bond donors (Lipinski definition) is 1. The molecule has 4 nitrogen and oxygen atoms in total. The molecule has 1 rings (SSSR count). The summed E-state index contributed by atoms with van der Waals surface area (Å²) in [6, 6.07) is 3.25. The molecule has 0 bridgehead atoms. The Hall–Kier alpha value is -1.13. The number of primary amides is 1. The van der Waals surface area contributed by atoms with Crippen LogP contribution in [0.1, 0.15) is 18.9 Å². The Morgan fingerprint density at radius 1 is 1.35 bits per heavy atom. The fourth-order valence-electron chi connectivity index (χ4n) is 1.19. The van der Waals surface area contributed by atoms with Gasteiger partial charge in [-0.2, -0.15) is 0 Å². The lowest BCUT2D eigenvalue weighted by Crippen LogP contribution is -2.12. The van der Waals surface area contributed by atoms with Crippen LogP contribution >= 0.6 is 23.2 Å². The van der Waals surface area contributed by atoms with Gasteiger partial charge in [0.15, 0.2) is 5.75 Å². The first-order valence-corrected chi connectivity index (χ1v) is 5.83. The van der Waals surface area contributed by atoms with Crippen LogP contribution in [-0.4, -0.2) is 12.7 Å². The average Bonchev–Trinajstić information content (AvgIpc) is 2.25. The number of nitrogens with two attached hydrogens (primary N) is 1. The molecule has 1 aromatic rings.